The number of aliphatic hydroxyl groups is 1. The van der Waals surface area contributed by atoms with Gasteiger partial charge in [-0.3, -0.25) is 9.59 Å². The van der Waals surface area contributed by atoms with E-state index in [4.69, 9.17) is 0 Å². The van der Waals surface area contributed by atoms with Crippen molar-refractivity contribution in [1.82, 2.24) is 9.80 Å². The number of amides is 2. The highest BCUT2D eigenvalue weighted by Crippen LogP contribution is 2.37. The normalized spacial score (nSPS) is 18.0. The fraction of sp³-hybridized carbons (Fsp3) is 0.333. The van der Waals surface area contributed by atoms with E-state index in [-0.39, 0.29) is 23.3 Å². The van der Waals surface area contributed by atoms with Gasteiger partial charge in [0, 0.05) is 31.7 Å². The molecule has 0 bridgehead atoms. The van der Waals surface area contributed by atoms with Crippen molar-refractivity contribution < 1.29 is 24.9 Å². The number of benzene rings is 2. The van der Waals surface area contributed by atoms with Gasteiger partial charge in [0.2, 0.25) is 0 Å². The van der Waals surface area contributed by atoms with Gasteiger partial charge in [-0.05, 0) is 48.2 Å². The van der Waals surface area contributed by atoms with Crippen molar-refractivity contribution in [3.63, 3.8) is 0 Å². The Morgan fingerprint density at radius 3 is 1.93 bits per heavy atom. The first-order chi connectivity index (χ1) is 13.4. The van der Waals surface area contributed by atoms with Gasteiger partial charge in [0.05, 0.1) is 0 Å². The third kappa shape index (κ3) is 3.41. The Balaban J connectivity index is 1.40. The van der Waals surface area contributed by atoms with Gasteiger partial charge in [-0.1, -0.05) is 18.2 Å². The summed E-state index contributed by atoms with van der Waals surface area (Å²) in [5.41, 5.74) is 0.941. The highest BCUT2D eigenvalue weighted by atomic mass is 16.3. The van der Waals surface area contributed by atoms with E-state index < -0.39 is 5.60 Å². The van der Waals surface area contributed by atoms with Crippen LogP contribution in [-0.2, 0) is 4.79 Å². The lowest BCUT2D eigenvalue weighted by Gasteiger charge is -2.35. The second-order valence-corrected chi connectivity index (χ2v) is 7.40. The smallest absolute Gasteiger partial charge is 0.254 e. The lowest BCUT2D eigenvalue weighted by Crippen LogP contribution is -2.53. The maximum Gasteiger partial charge on any atom is 0.254 e. The maximum absolute atomic E-state index is 12.7. The molecule has 2 aromatic rings. The van der Waals surface area contributed by atoms with Crippen LogP contribution in [0.4, 0.5) is 0 Å². The van der Waals surface area contributed by atoms with Gasteiger partial charge in [-0.15, -0.1) is 0 Å². The number of carbonyl (C=O) groups is 2. The molecule has 146 valence electrons. The molecule has 0 radical (unpaired) electrons. The topological polar surface area (TPSA) is 101 Å². The molecule has 1 saturated heterocycles. The molecule has 1 heterocycles. The highest BCUT2D eigenvalue weighted by molar-refractivity contribution is 5.95. The number of hydrogen-bond donors (Lipinski definition) is 3. The van der Waals surface area contributed by atoms with Crippen LogP contribution in [0.15, 0.2) is 42.5 Å². The van der Waals surface area contributed by atoms with Crippen molar-refractivity contribution >= 4 is 11.8 Å². The molecule has 0 aromatic heterocycles. The predicted molar refractivity (Wildman–Crippen MR) is 102 cm³/mol. The van der Waals surface area contributed by atoms with Crippen LogP contribution in [0.25, 0.3) is 11.1 Å². The van der Waals surface area contributed by atoms with E-state index in [1.54, 1.807) is 40.1 Å². The van der Waals surface area contributed by atoms with Crippen LogP contribution >= 0.6 is 0 Å². The van der Waals surface area contributed by atoms with Gasteiger partial charge < -0.3 is 25.1 Å². The van der Waals surface area contributed by atoms with Crippen molar-refractivity contribution in [3.8, 4) is 22.6 Å². The Morgan fingerprint density at radius 2 is 1.36 bits per heavy atom. The first-order valence-corrected chi connectivity index (χ1v) is 9.31. The number of piperazine rings is 1. The zero-order valence-corrected chi connectivity index (χ0v) is 15.3. The number of phenols is 2. The van der Waals surface area contributed by atoms with E-state index in [2.05, 4.69) is 0 Å². The fourth-order valence-electron chi connectivity index (χ4n) is 3.43. The molecule has 3 N–H and O–H groups in total. The van der Waals surface area contributed by atoms with E-state index in [1.165, 1.54) is 12.1 Å². The van der Waals surface area contributed by atoms with Crippen molar-refractivity contribution in [2.75, 3.05) is 26.2 Å². The molecule has 2 amide bonds. The molecule has 1 saturated carbocycles. The summed E-state index contributed by atoms with van der Waals surface area (Å²) < 4.78 is 0. The van der Waals surface area contributed by atoms with Crippen LogP contribution in [-0.4, -0.2) is 68.7 Å². The molecule has 7 heteroatoms. The van der Waals surface area contributed by atoms with Crippen molar-refractivity contribution in [2.45, 2.75) is 18.4 Å². The minimum atomic E-state index is -1.16. The summed E-state index contributed by atoms with van der Waals surface area (Å²) in [5, 5.41) is 29.0. The number of hydrogen-bond acceptors (Lipinski definition) is 5. The summed E-state index contributed by atoms with van der Waals surface area (Å²) in [6.07, 6.45) is 1.05. The first kappa shape index (κ1) is 18.3. The van der Waals surface area contributed by atoms with Gasteiger partial charge in [0.25, 0.3) is 11.8 Å². The zero-order chi connectivity index (χ0) is 19.9. The van der Waals surface area contributed by atoms with Gasteiger partial charge in [-0.2, -0.15) is 0 Å². The van der Waals surface area contributed by atoms with E-state index in [0.29, 0.717) is 44.6 Å². The number of phenolic OH excluding ortho intramolecular Hbond substituents is 2. The van der Waals surface area contributed by atoms with Crippen molar-refractivity contribution in [2.24, 2.45) is 0 Å². The van der Waals surface area contributed by atoms with Crippen molar-refractivity contribution in [1.29, 1.82) is 0 Å². The maximum atomic E-state index is 12.7. The molecule has 2 fully saturated rings. The quantitative estimate of drug-likeness (QED) is 0.700. The average Bonchev–Trinajstić information content (AvgIpc) is 3.48. The Morgan fingerprint density at radius 1 is 0.786 bits per heavy atom. The molecule has 28 heavy (non-hydrogen) atoms. The van der Waals surface area contributed by atoms with Gasteiger partial charge in [-0.25, -0.2) is 0 Å². The van der Waals surface area contributed by atoms with Crippen LogP contribution in [0.5, 0.6) is 11.5 Å². The van der Waals surface area contributed by atoms with E-state index in [1.807, 2.05) is 0 Å². The summed E-state index contributed by atoms with van der Waals surface area (Å²) in [4.78, 5) is 28.3. The molecule has 0 unspecified atom stereocenters. The molecule has 1 aliphatic carbocycles. The summed E-state index contributed by atoms with van der Waals surface area (Å²) in [7, 11) is 0. The standard InChI is InChI=1S/C21H22N2O5/c24-17-6-5-16(13-18(17)25)14-1-3-15(4-2-14)19(26)22-9-11-23(12-10-22)20(27)21(28)7-8-21/h1-6,13,24-25,28H,7-12H2. The van der Waals surface area contributed by atoms with E-state index >= 15 is 0 Å². The largest absolute Gasteiger partial charge is 0.504 e. The summed E-state index contributed by atoms with van der Waals surface area (Å²) >= 11 is 0. The van der Waals surface area contributed by atoms with Crippen LogP contribution < -0.4 is 0 Å². The average molecular weight is 382 g/mol. The summed E-state index contributed by atoms with van der Waals surface area (Å²) in [5.74, 6) is -0.693. The molecular formula is C21H22N2O5. The van der Waals surface area contributed by atoms with Crippen LogP contribution in [0.2, 0.25) is 0 Å². The molecule has 7 nitrogen and oxygen atoms in total. The molecule has 0 spiro atoms. The van der Waals surface area contributed by atoms with Gasteiger partial charge in [0.1, 0.15) is 5.60 Å². The molecule has 4 rings (SSSR count). The number of carbonyl (C=O) groups excluding carboxylic acids is 2. The molecule has 2 aromatic carbocycles. The highest BCUT2D eigenvalue weighted by Gasteiger charge is 2.50. The third-order valence-electron chi connectivity index (χ3n) is 5.42. The van der Waals surface area contributed by atoms with Gasteiger partial charge >= 0.3 is 0 Å². The molecule has 1 aliphatic heterocycles. The minimum absolute atomic E-state index is 0.0997. The second-order valence-electron chi connectivity index (χ2n) is 7.40. The first-order valence-electron chi connectivity index (χ1n) is 9.31. The van der Waals surface area contributed by atoms with Crippen molar-refractivity contribution in [3.05, 3.63) is 48.0 Å². The lowest BCUT2D eigenvalue weighted by molar-refractivity contribution is -0.143. The SMILES string of the molecule is O=C(c1ccc(-c2ccc(O)c(O)c2)cc1)N1CCN(C(=O)C2(O)CC2)CC1. The molecule has 0 atom stereocenters. The fourth-order valence-corrected chi connectivity index (χ4v) is 3.43. The Labute approximate surface area is 162 Å². The molecular weight excluding hydrogens is 360 g/mol. The van der Waals surface area contributed by atoms with E-state index in [0.717, 1.165) is 11.1 Å². The Bertz CT molecular complexity index is 913. The monoisotopic (exact) mass is 382 g/mol. The predicted octanol–water partition coefficient (Wildman–Crippen LogP) is 1.57. The second kappa shape index (κ2) is 6.83. The number of aromatic hydroxyl groups is 2. The lowest BCUT2D eigenvalue weighted by atomic mass is 10.0. The van der Waals surface area contributed by atoms with E-state index in [9.17, 15) is 24.9 Å². The Hall–Kier alpha value is -3.06. The summed E-state index contributed by atoms with van der Waals surface area (Å²) in [6, 6.07) is 11.6. The van der Waals surface area contributed by atoms with Crippen LogP contribution in [0, 0.1) is 0 Å². The molecule has 2 aliphatic rings. The third-order valence-corrected chi connectivity index (χ3v) is 5.42. The van der Waals surface area contributed by atoms with Crippen LogP contribution in [0.1, 0.15) is 23.2 Å². The number of nitrogens with zero attached hydrogens (tertiary/aromatic N) is 2. The Kier molecular flexibility index (Phi) is 4.47. The van der Waals surface area contributed by atoms with Gasteiger partial charge in [0.15, 0.2) is 11.5 Å². The minimum Gasteiger partial charge on any atom is -0.504 e. The number of rotatable bonds is 3. The van der Waals surface area contributed by atoms with Crippen LogP contribution in [0.3, 0.4) is 0 Å². The zero-order valence-electron chi connectivity index (χ0n) is 15.3. The summed E-state index contributed by atoms with van der Waals surface area (Å²) in [6.45, 7) is 1.73.